The van der Waals surface area contributed by atoms with Crippen molar-refractivity contribution < 1.29 is 9.59 Å². The molecule has 0 radical (unpaired) electrons. The Labute approximate surface area is 131 Å². The highest BCUT2D eigenvalue weighted by atomic mass is 16.2. The molecule has 1 atom stereocenters. The number of nitrogen functional groups attached to an aromatic ring is 1. The molecule has 0 saturated carbocycles. The van der Waals surface area contributed by atoms with Gasteiger partial charge >= 0.3 is 0 Å². The first kappa shape index (κ1) is 16.3. The second-order valence-corrected chi connectivity index (χ2v) is 5.90. The molecule has 5 nitrogen and oxygen atoms in total. The van der Waals surface area contributed by atoms with Gasteiger partial charge in [-0.05, 0) is 37.3 Å². The molecule has 0 aliphatic carbocycles. The van der Waals surface area contributed by atoms with E-state index >= 15 is 0 Å². The first-order valence-electron chi connectivity index (χ1n) is 8.02. The monoisotopic (exact) mass is 303 g/mol. The fourth-order valence-electron chi connectivity index (χ4n) is 2.85. The first-order valence-corrected chi connectivity index (χ1v) is 8.02. The number of rotatable bonds is 5. The lowest BCUT2D eigenvalue weighted by molar-refractivity contribution is -0.121. The molecule has 2 rings (SSSR count). The Balaban J connectivity index is 1.91. The number of carbonyl (C=O) groups is 2. The second kappa shape index (κ2) is 7.82. The number of nitrogens with one attached hydrogen (secondary N) is 1. The van der Waals surface area contributed by atoms with Crippen molar-refractivity contribution in [2.45, 2.75) is 32.6 Å². The van der Waals surface area contributed by atoms with E-state index in [-0.39, 0.29) is 11.8 Å². The van der Waals surface area contributed by atoms with Gasteiger partial charge in [-0.15, -0.1) is 0 Å². The minimum Gasteiger partial charge on any atom is -0.398 e. The lowest BCUT2D eigenvalue weighted by Crippen LogP contribution is -2.43. The molecule has 1 heterocycles. The highest BCUT2D eigenvalue weighted by molar-refractivity contribution is 5.99. The molecule has 1 unspecified atom stereocenters. The van der Waals surface area contributed by atoms with Gasteiger partial charge in [0.1, 0.15) is 0 Å². The fraction of sp³-hybridized carbons (Fsp3) is 0.529. The van der Waals surface area contributed by atoms with E-state index in [9.17, 15) is 9.59 Å². The van der Waals surface area contributed by atoms with E-state index < -0.39 is 0 Å². The molecule has 1 aromatic rings. The summed E-state index contributed by atoms with van der Waals surface area (Å²) in [4.78, 5) is 26.0. The summed E-state index contributed by atoms with van der Waals surface area (Å²) < 4.78 is 0. The summed E-state index contributed by atoms with van der Waals surface area (Å²) in [5.74, 6) is 0.407. The van der Waals surface area contributed by atoms with Gasteiger partial charge in [-0.1, -0.05) is 19.1 Å². The molecule has 5 heteroatoms. The van der Waals surface area contributed by atoms with Crippen LogP contribution in [0.3, 0.4) is 0 Å². The van der Waals surface area contributed by atoms with Crippen LogP contribution in [0.25, 0.3) is 0 Å². The van der Waals surface area contributed by atoms with Gasteiger partial charge in [0.15, 0.2) is 0 Å². The van der Waals surface area contributed by atoms with Gasteiger partial charge in [0.05, 0.1) is 5.56 Å². The van der Waals surface area contributed by atoms with Crippen LogP contribution in [0.1, 0.15) is 43.0 Å². The topological polar surface area (TPSA) is 75.4 Å². The lowest BCUT2D eigenvalue weighted by Gasteiger charge is -2.33. The Morgan fingerprint density at radius 3 is 2.86 bits per heavy atom. The van der Waals surface area contributed by atoms with Crippen LogP contribution in [0.2, 0.25) is 0 Å². The van der Waals surface area contributed by atoms with Crippen molar-refractivity contribution in [3.63, 3.8) is 0 Å². The molecule has 2 amide bonds. The summed E-state index contributed by atoms with van der Waals surface area (Å²) in [5, 5.41) is 2.96. The molecule has 1 fully saturated rings. The number of piperidine rings is 1. The molecule has 0 bridgehead atoms. The van der Waals surface area contributed by atoms with Crippen molar-refractivity contribution in [3.05, 3.63) is 29.8 Å². The fourth-order valence-corrected chi connectivity index (χ4v) is 2.85. The van der Waals surface area contributed by atoms with Crippen molar-refractivity contribution in [2.75, 3.05) is 25.4 Å². The number of amides is 2. The van der Waals surface area contributed by atoms with E-state index in [1.165, 1.54) is 0 Å². The highest BCUT2D eigenvalue weighted by Gasteiger charge is 2.25. The molecule has 1 saturated heterocycles. The molecular weight excluding hydrogens is 278 g/mol. The third kappa shape index (κ3) is 4.23. The number of hydrogen-bond acceptors (Lipinski definition) is 3. The predicted octanol–water partition coefficient (Wildman–Crippen LogP) is 2.04. The maximum absolute atomic E-state index is 12.6. The van der Waals surface area contributed by atoms with Gasteiger partial charge in [-0.25, -0.2) is 0 Å². The third-order valence-corrected chi connectivity index (χ3v) is 4.06. The number of anilines is 1. The van der Waals surface area contributed by atoms with E-state index in [1.807, 2.05) is 24.0 Å². The van der Waals surface area contributed by atoms with E-state index in [2.05, 4.69) is 5.32 Å². The molecule has 0 spiro atoms. The molecule has 120 valence electrons. The normalized spacial score (nSPS) is 18.0. The predicted molar refractivity (Wildman–Crippen MR) is 87.4 cm³/mol. The van der Waals surface area contributed by atoms with Crippen LogP contribution in [0.4, 0.5) is 5.69 Å². The number of nitrogens with zero attached hydrogens (tertiary/aromatic N) is 1. The Bertz CT molecular complexity index is 530. The van der Waals surface area contributed by atoms with E-state index in [0.29, 0.717) is 36.7 Å². The second-order valence-electron chi connectivity index (χ2n) is 5.90. The number of carbonyl (C=O) groups excluding carboxylic acids is 2. The van der Waals surface area contributed by atoms with Crippen LogP contribution >= 0.6 is 0 Å². The molecule has 0 aromatic heterocycles. The summed E-state index contributed by atoms with van der Waals surface area (Å²) in [5.41, 5.74) is 6.98. The molecular formula is C17H25N3O2. The van der Waals surface area contributed by atoms with E-state index in [4.69, 9.17) is 5.73 Å². The number of para-hydroxylation sites is 1. The Hall–Kier alpha value is -2.04. The van der Waals surface area contributed by atoms with Gasteiger partial charge in [0.25, 0.3) is 5.91 Å². The number of benzene rings is 1. The standard InChI is InChI=1S/C17H25N3O2/c1-2-6-16(21)19-11-13-7-5-10-20(12-13)17(22)14-8-3-4-9-15(14)18/h3-4,8-9,13H,2,5-7,10-12,18H2,1H3,(H,19,21). The SMILES string of the molecule is CCCC(=O)NCC1CCCN(C(=O)c2ccccc2N)C1. The van der Waals surface area contributed by atoms with Crippen LogP contribution in [0, 0.1) is 5.92 Å². The lowest BCUT2D eigenvalue weighted by atomic mass is 9.97. The Morgan fingerprint density at radius 1 is 1.36 bits per heavy atom. The Kier molecular flexibility index (Phi) is 5.81. The maximum Gasteiger partial charge on any atom is 0.255 e. The van der Waals surface area contributed by atoms with Gasteiger partial charge in [-0.3, -0.25) is 9.59 Å². The Morgan fingerprint density at radius 2 is 2.14 bits per heavy atom. The highest BCUT2D eigenvalue weighted by Crippen LogP contribution is 2.20. The molecule has 1 aromatic carbocycles. The minimum atomic E-state index is -0.0114. The minimum absolute atomic E-state index is 0.0114. The van der Waals surface area contributed by atoms with Gasteiger partial charge in [0, 0.05) is 31.7 Å². The van der Waals surface area contributed by atoms with Gasteiger partial charge < -0.3 is 16.0 Å². The molecule has 22 heavy (non-hydrogen) atoms. The van der Waals surface area contributed by atoms with Gasteiger partial charge in [0.2, 0.25) is 5.91 Å². The number of likely N-dealkylation sites (tertiary alicyclic amines) is 1. The molecule has 3 N–H and O–H groups in total. The quantitative estimate of drug-likeness (QED) is 0.817. The summed E-state index contributed by atoms with van der Waals surface area (Å²) in [7, 11) is 0. The van der Waals surface area contributed by atoms with Crippen LogP contribution in [-0.4, -0.2) is 36.3 Å². The van der Waals surface area contributed by atoms with Crippen molar-refractivity contribution in [1.29, 1.82) is 0 Å². The number of hydrogen-bond donors (Lipinski definition) is 2. The summed E-state index contributed by atoms with van der Waals surface area (Å²) in [6.45, 7) is 4.07. The zero-order valence-electron chi connectivity index (χ0n) is 13.2. The van der Waals surface area contributed by atoms with Crippen LogP contribution < -0.4 is 11.1 Å². The summed E-state index contributed by atoms with van der Waals surface area (Å²) in [6, 6.07) is 7.17. The first-order chi connectivity index (χ1) is 10.6. The van der Waals surface area contributed by atoms with Crippen molar-refractivity contribution in [3.8, 4) is 0 Å². The van der Waals surface area contributed by atoms with Gasteiger partial charge in [-0.2, -0.15) is 0 Å². The van der Waals surface area contributed by atoms with E-state index in [0.717, 1.165) is 25.8 Å². The third-order valence-electron chi connectivity index (χ3n) is 4.06. The summed E-state index contributed by atoms with van der Waals surface area (Å²) >= 11 is 0. The average molecular weight is 303 g/mol. The summed E-state index contributed by atoms with van der Waals surface area (Å²) in [6.07, 6.45) is 3.43. The largest absolute Gasteiger partial charge is 0.398 e. The van der Waals surface area contributed by atoms with E-state index in [1.54, 1.807) is 12.1 Å². The van der Waals surface area contributed by atoms with Crippen LogP contribution in [-0.2, 0) is 4.79 Å². The van der Waals surface area contributed by atoms with Crippen molar-refractivity contribution in [2.24, 2.45) is 5.92 Å². The maximum atomic E-state index is 12.6. The number of nitrogens with two attached hydrogens (primary N) is 1. The van der Waals surface area contributed by atoms with Crippen LogP contribution in [0.15, 0.2) is 24.3 Å². The zero-order valence-corrected chi connectivity index (χ0v) is 13.2. The average Bonchev–Trinajstić information content (AvgIpc) is 2.53. The molecule has 1 aliphatic heterocycles. The van der Waals surface area contributed by atoms with Crippen molar-refractivity contribution in [1.82, 2.24) is 10.2 Å². The van der Waals surface area contributed by atoms with Crippen molar-refractivity contribution >= 4 is 17.5 Å². The smallest absolute Gasteiger partial charge is 0.255 e. The van der Waals surface area contributed by atoms with Crippen LogP contribution in [0.5, 0.6) is 0 Å². The molecule has 1 aliphatic rings. The zero-order chi connectivity index (χ0) is 15.9.